The third-order valence-electron chi connectivity index (χ3n) is 14.5. The standard InChI is InChI=1S/C62H42Cl2F8N14O7/c1-89-15-13-83-47-19-31(17-43(67)59(47)79-51(83)23-35-41(65)21-37(57(71)55(35)69)45-5-3-7-53(77-45)91-29-33-27-73-49(25-39(33)63)85-11-9-75-81-85)61(87)93-62(88)32-18-44(68)60-48(20-32)84(14-16-90-2)52(80-60)24-36-42(66)22-38(58(72)56(36)70)46-6-4-8-54(78-46)92-30-34-28-74-50(26-40(34)64)86-12-10-76-82-86/h3-12,17-22,25-28H,13-16,23-24,29-30H2,1-2H3. The molecule has 0 spiro atoms. The van der Waals surface area contributed by atoms with Crippen LogP contribution >= 0.6 is 23.2 Å². The van der Waals surface area contributed by atoms with Gasteiger partial charge in [-0.3, -0.25) is 0 Å². The number of aromatic nitrogens is 14. The summed E-state index contributed by atoms with van der Waals surface area (Å²) in [5, 5.41) is 15.7. The predicted octanol–water partition coefficient (Wildman–Crippen LogP) is 11.5. The highest BCUT2D eigenvalue weighted by Gasteiger charge is 2.29. The van der Waals surface area contributed by atoms with Gasteiger partial charge in [-0.05, 0) is 48.5 Å². The van der Waals surface area contributed by atoms with Crippen molar-refractivity contribution in [3.8, 4) is 45.9 Å². The molecule has 0 amide bonds. The highest BCUT2D eigenvalue weighted by atomic mass is 35.5. The molecule has 0 saturated carbocycles. The van der Waals surface area contributed by atoms with Crippen molar-refractivity contribution in [1.82, 2.24) is 69.0 Å². The lowest BCUT2D eigenvalue weighted by molar-refractivity contribution is 0.0397. The number of hydrogen-bond acceptors (Lipinski definition) is 17. The number of rotatable bonds is 22. The van der Waals surface area contributed by atoms with Gasteiger partial charge in [0.1, 0.15) is 47.5 Å². The molecule has 0 unspecified atom stereocenters. The van der Waals surface area contributed by atoms with Crippen LogP contribution in [-0.2, 0) is 53.4 Å². The summed E-state index contributed by atoms with van der Waals surface area (Å²) in [6.45, 7) is -0.739. The molecule has 0 atom stereocenters. The average molecular weight is 1320 g/mol. The van der Waals surface area contributed by atoms with Gasteiger partial charge in [0.2, 0.25) is 11.8 Å². The zero-order valence-corrected chi connectivity index (χ0v) is 49.6. The second kappa shape index (κ2) is 26.7. The number of nitrogens with zero attached hydrogens (tertiary/aromatic N) is 14. The molecule has 8 aromatic heterocycles. The Morgan fingerprint density at radius 3 is 1.33 bits per heavy atom. The van der Waals surface area contributed by atoms with Crippen LogP contribution < -0.4 is 9.47 Å². The second-order valence-corrected chi connectivity index (χ2v) is 21.1. The molecule has 12 rings (SSSR count). The Morgan fingerprint density at radius 1 is 0.516 bits per heavy atom. The normalized spacial score (nSPS) is 11.5. The van der Waals surface area contributed by atoms with E-state index in [4.69, 9.17) is 46.9 Å². The summed E-state index contributed by atoms with van der Waals surface area (Å²) in [7, 11) is 2.67. The minimum absolute atomic E-state index is 0.0477. The van der Waals surface area contributed by atoms with Crippen molar-refractivity contribution in [3.63, 3.8) is 0 Å². The predicted molar refractivity (Wildman–Crippen MR) is 315 cm³/mol. The van der Waals surface area contributed by atoms with E-state index in [0.717, 1.165) is 24.3 Å². The van der Waals surface area contributed by atoms with Crippen LogP contribution in [0.5, 0.6) is 11.8 Å². The van der Waals surface area contributed by atoms with E-state index in [0.29, 0.717) is 34.9 Å². The zero-order valence-electron chi connectivity index (χ0n) is 48.1. The molecule has 0 N–H and O–H groups in total. The fourth-order valence-corrected chi connectivity index (χ4v) is 10.3. The van der Waals surface area contributed by atoms with Crippen molar-refractivity contribution in [1.29, 1.82) is 0 Å². The summed E-state index contributed by atoms with van der Waals surface area (Å²) >= 11 is 12.9. The number of halogens is 10. The molecule has 31 heteroatoms. The molecule has 4 aromatic carbocycles. The van der Waals surface area contributed by atoms with E-state index >= 15 is 35.1 Å². The lowest BCUT2D eigenvalue weighted by atomic mass is 10.0. The van der Waals surface area contributed by atoms with Crippen LogP contribution in [0, 0.1) is 46.5 Å². The van der Waals surface area contributed by atoms with E-state index in [2.05, 4.69) is 50.5 Å². The fourth-order valence-electron chi connectivity index (χ4n) is 9.92. The third-order valence-corrected chi connectivity index (χ3v) is 15.2. The molecule has 0 fully saturated rings. The summed E-state index contributed by atoms with van der Waals surface area (Å²) in [6.07, 6.45) is 7.46. The second-order valence-electron chi connectivity index (χ2n) is 20.3. The third kappa shape index (κ3) is 12.9. The number of carbonyl (C=O) groups is 2. The monoisotopic (exact) mass is 1320 g/mol. The van der Waals surface area contributed by atoms with Gasteiger partial charge < -0.3 is 32.8 Å². The molecule has 0 radical (unpaired) electrons. The lowest BCUT2D eigenvalue weighted by Crippen LogP contribution is -2.15. The first kappa shape index (κ1) is 62.6. The Kier molecular flexibility index (Phi) is 18.0. The minimum atomic E-state index is -1.61. The molecule has 0 aliphatic carbocycles. The van der Waals surface area contributed by atoms with Crippen molar-refractivity contribution >= 4 is 57.2 Å². The summed E-state index contributed by atoms with van der Waals surface area (Å²) in [5.74, 6) is -13.5. The molecule has 0 saturated heterocycles. The molecule has 0 bridgehead atoms. The number of carbonyl (C=O) groups excluding carboxylic acids is 2. The van der Waals surface area contributed by atoms with Gasteiger partial charge in [0.25, 0.3) is 0 Å². The summed E-state index contributed by atoms with van der Waals surface area (Å²) in [5.41, 5.74) is -4.38. The van der Waals surface area contributed by atoms with Crippen LogP contribution in [0.25, 0.3) is 56.2 Å². The Morgan fingerprint density at radius 2 is 0.946 bits per heavy atom. The highest BCUT2D eigenvalue weighted by molar-refractivity contribution is 6.31. The SMILES string of the molecule is COCCn1c(Cc2c(F)cc(-c3cccc(OCc4cnc(-n5ccnn5)cc4Cl)n3)c(F)c2F)nc2c(F)cc(C(=O)OC(=O)c3cc(F)c4nc(Cc5c(F)cc(-c6cccc(OCc7cnc(-n8ccnn8)cc7Cl)n6)c(F)c5F)n(CCOC)c4c3)cc21. The van der Waals surface area contributed by atoms with Gasteiger partial charge in [0.15, 0.2) is 46.5 Å². The van der Waals surface area contributed by atoms with Crippen LogP contribution in [0.2, 0.25) is 10.0 Å². The van der Waals surface area contributed by atoms with Crippen LogP contribution in [-0.4, -0.2) is 108 Å². The van der Waals surface area contributed by atoms with Crippen LogP contribution in [0.3, 0.4) is 0 Å². The number of hydrogen-bond donors (Lipinski definition) is 0. The van der Waals surface area contributed by atoms with Crippen LogP contribution in [0.4, 0.5) is 35.1 Å². The van der Waals surface area contributed by atoms with Gasteiger partial charge in [-0.15, -0.1) is 10.2 Å². The number of benzene rings is 4. The maximum absolute atomic E-state index is 16.2. The summed E-state index contributed by atoms with van der Waals surface area (Å²) in [6, 6.07) is 16.4. The maximum atomic E-state index is 16.2. The molecule has 0 aliphatic rings. The fraction of sp³-hybridized carbons (Fsp3) is 0.161. The molecule has 21 nitrogen and oxygen atoms in total. The highest BCUT2D eigenvalue weighted by Crippen LogP contribution is 2.35. The Labute approximate surface area is 528 Å². The van der Waals surface area contributed by atoms with Gasteiger partial charge >= 0.3 is 11.9 Å². The van der Waals surface area contributed by atoms with E-state index in [9.17, 15) is 9.59 Å². The van der Waals surface area contributed by atoms with Crippen molar-refractivity contribution in [2.24, 2.45) is 0 Å². The van der Waals surface area contributed by atoms with Crippen molar-refractivity contribution in [2.75, 3.05) is 27.4 Å². The molecule has 12 aromatic rings. The Balaban J connectivity index is 0.755. The van der Waals surface area contributed by atoms with E-state index in [-0.39, 0.29) is 95.4 Å². The number of pyridine rings is 4. The van der Waals surface area contributed by atoms with E-state index in [1.165, 1.54) is 106 Å². The minimum Gasteiger partial charge on any atom is -0.473 e. The number of esters is 2. The van der Waals surface area contributed by atoms with Gasteiger partial charge in [0, 0.05) is 110 Å². The number of methoxy groups -OCH3 is 2. The molecule has 8 heterocycles. The van der Waals surface area contributed by atoms with Crippen LogP contribution in [0.15, 0.2) is 122 Å². The Hall–Kier alpha value is -10.6. The Bertz CT molecular complexity index is 4570. The topological polar surface area (TPSA) is 229 Å². The van der Waals surface area contributed by atoms with Crippen LogP contribution in [0.1, 0.15) is 54.6 Å². The van der Waals surface area contributed by atoms with Gasteiger partial charge in [-0.25, -0.2) is 84.0 Å². The average Bonchev–Trinajstić information content (AvgIpc) is 1.68. The van der Waals surface area contributed by atoms with E-state index in [1.54, 1.807) is 12.4 Å². The summed E-state index contributed by atoms with van der Waals surface area (Å²) < 4.78 is 161. The van der Waals surface area contributed by atoms with E-state index < -0.39 is 116 Å². The first-order chi connectivity index (χ1) is 44.9. The van der Waals surface area contributed by atoms with Crippen molar-refractivity contribution in [3.05, 3.63) is 224 Å². The first-order valence-corrected chi connectivity index (χ1v) is 28.4. The largest absolute Gasteiger partial charge is 0.473 e. The van der Waals surface area contributed by atoms with E-state index in [1.807, 2.05) is 0 Å². The maximum Gasteiger partial charge on any atom is 0.346 e. The number of ether oxygens (including phenoxy) is 5. The number of imidazole rings is 2. The lowest BCUT2D eigenvalue weighted by Gasteiger charge is -2.13. The smallest absolute Gasteiger partial charge is 0.346 e. The molecule has 472 valence electrons. The molecule has 93 heavy (non-hydrogen) atoms. The molecular weight excluding hydrogens is 1280 g/mol. The van der Waals surface area contributed by atoms with Gasteiger partial charge in [-0.1, -0.05) is 45.8 Å². The molecule has 0 aliphatic heterocycles. The number of fused-ring (bicyclic) bond motifs is 2. The molecular formula is C62H42Cl2F8N14O7. The van der Waals surface area contributed by atoms with Crippen molar-refractivity contribution in [2.45, 2.75) is 39.1 Å². The van der Waals surface area contributed by atoms with Gasteiger partial charge in [-0.2, -0.15) is 0 Å². The van der Waals surface area contributed by atoms with Crippen molar-refractivity contribution < 1.29 is 68.4 Å². The summed E-state index contributed by atoms with van der Waals surface area (Å²) in [4.78, 5) is 53.1. The van der Waals surface area contributed by atoms with Gasteiger partial charge in [0.05, 0.1) is 81.6 Å². The quantitative estimate of drug-likeness (QED) is 0.0266. The zero-order chi connectivity index (χ0) is 65.2. The first-order valence-electron chi connectivity index (χ1n) is 27.6.